The summed E-state index contributed by atoms with van der Waals surface area (Å²) in [4.78, 5) is 25.2. The number of carbonyl (C=O) groups is 1. The smallest absolute Gasteiger partial charge is 0.300 e. The number of rotatable bonds is 4. The molecule has 16 heavy (non-hydrogen) atoms. The fraction of sp³-hybridized carbons (Fsp3) is 0.333. The van der Waals surface area contributed by atoms with Gasteiger partial charge in [0.1, 0.15) is 17.6 Å². The summed E-state index contributed by atoms with van der Waals surface area (Å²) in [6, 6.07) is 1.20. The summed E-state index contributed by atoms with van der Waals surface area (Å²) < 4.78 is 0. The van der Waals surface area contributed by atoms with Gasteiger partial charge in [0.05, 0.1) is 4.92 Å². The molecule has 1 rings (SSSR count). The van der Waals surface area contributed by atoms with Gasteiger partial charge >= 0.3 is 0 Å². The third-order valence-corrected chi connectivity index (χ3v) is 1.88. The van der Waals surface area contributed by atoms with Crippen molar-refractivity contribution in [3.63, 3.8) is 0 Å². The van der Waals surface area contributed by atoms with Crippen molar-refractivity contribution in [2.45, 2.75) is 13.3 Å². The number of nitrogens with zero attached hydrogens (tertiary/aromatic N) is 2. The minimum absolute atomic E-state index is 0.0639. The number of hydrogen-bond acceptors (Lipinski definition) is 5. The van der Waals surface area contributed by atoms with Crippen molar-refractivity contribution in [3.05, 3.63) is 27.9 Å². The summed E-state index contributed by atoms with van der Waals surface area (Å²) in [5, 5.41) is 13.2. The predicted octanol–water partition coefficient (Wildman–Crippen LogP) is 0.712. The molecule has 7 heteroatoms. The molecule has 0 aromatic carbocycles. The van der Waals surface area contributed by atoms with Gasteiger partial charge in [-0.2, -0.15) is 0 Å². The van der Waals surface area contributed by atoms with E-state index in [1.54, 1.807) is 0 Å². The van der Waals surface area contributed by atoms with Gasteiger partial charge in [0, 0.05) is 6.54 Å². The Morgan fingerprint density at radius 2 is 2.38 bits per heavy atom. The minimum atomic E-state index is -0.659. The summed E-state index contributed by atoms with van der Waals surface area (Å²) in [6.45, 7) is 2.34. The number of pyridine rings is 1. The van der Waals surface area contributed by atoms with E-state index in [0.29, 0.717) is 6.54 Å². The van der Waals surface area contributed by atoms with Crippen molar-refractivity contribution in [2.24, 2.45) is 0 Å². The van der Waals surface area contributed by atoms with E-state index in [0.717, 1.165) is 12.6 Å². The third-order valence-electron chi connectivity index (χ3n) is 1.88. The lowest BCUT2D eigenvalue weighted by Crippen LogP contribution is -2.25. The zero-order chi connectivity index (χ0) is 12.1. The summed E-state index contributed by atoms with van der Waals surface area (Å²) in [5.41, 5.74) is 4.97. The predicted molar refractivity (Wildman–Crippen MR) is 57.9 cm³/mol. The van der Waals surface area contributed by atoms with Crippen molar-refractivity contribution in [3.8, 4) is 0 Å². The maximum absolute atomic E-state index is 11.6. The lowest BCUT2D eigenvalue weighted by Gasteiger charge is -2.04. The molecule has 7 nitrogen and oxygen atoms in total. The van der Waals surface area contributed by atoms with Crippen LogP contribution < -0.4 is 11.1 Å². The molecule has 0 fully saturated rings. The Morgan fingerprint density at radius 3 is 2.94 bits per heavy atom. The fourth-order valence-electron chi connectivity index (χ4n) is 1.13. The van der Waals surface area contributed by atoms with E-state index in [1.165, 1.54) is 6.07 Å². The average molecular weight is 224 g/mol. The molecule has 0 aliphatic heterocycles. The van der Waals surface area contributed by atoms with Crippen LogP contribution in [-0.4, -0.2) is 22.4 Å². The van der Waals surface area contributed by atoms with E-state index in [1.807, 2.05) is 6.92 Å². The van der Waals surface area contributed by atoms with Gasteiger partial charge in [0.2, 0.25) is 0 Å². The highest BCUT2D eigenvalue weighted by Crippen LogP contribution is 2.18. The Bertz CT molecular complexity index is 419. The van der Waals surface area contributed by atoms with Crippen LogP contribution >= 0.6 is 0 Å². The molecular weight excluding hydrogens is 212 g/mol. The molecule has 1 aromatic heterocycles. The van der Waals surface area contributed by atoms with Crippen molar-refractivity contribution >= 4 is 17.4 Å². The molecule has 1 aromatic rings. The fourth-order valence-corrected chi connectivity index (χ4v) is 1.13. The molecule has 0 aliphatic carbocycles. The molecule has 0 spiro atoms. The van der Waals surface area contributed by atoms with Crippen molar-refractivity contribution in [1.29, 1.82) is 0 Å². The molecule has 0 saturated heterocycles. The summed E-state index contributed by atoms with van der Waals surface area (Å²) in [7, 11) is 0. The standard InChI is InChI=1S/C9H12N4O3/c1-2-3-11-9(14)6-4-8(10)12-5-7(6)13(15)16/h4-5H,2-3H2,1H3,(H2,10,12)(H,11,14). The molecule has 0 bridgehead atoms. The van der Waals surface area contributed by atoms with Gasteiger partial charge in [-0.3, -0.25) is 14.9 Å². The lowest BCUT2D eigenvalue weighted by molar-refractivity contribution is -0.385. The average Bonchev–Trinajstić information content (AvgIpc) is 2.25. The number of nitrogens with one attached hydrogen (secondary N) is 1. The van der Waals surface area contributed by atoms with Crippen LogP contribution in [0.5, 0.6) is 0 Å². The van der Waals surface area contributed by atoms with Crippen LogP contribution in [0.2, 0.25) is 0 Å². The normalized spacial score (nSPS) is 9.81. The van der Waals surface area contributed by atoms with E-state index in [-0.39, 0.29) is 17.1 Å². The van der Waals surface area contributed by atoms with Crippen LogP contribution in [0, 0.1) is 10.1 Å². The molecule has 1 heterocycles. The number of amides is 1. The summed E-state index contributed by atoms with van der Waals surface area (Å²) >= 11 is 0. The monoisotopic (exact) mass is 224 g/mol. The third kappa shape index (κ3) is 2.66. The first-order valence-corrected chi connectivity index (χ1v) is 4.74. The number of hydrogen-bond donors (Lipinski definition) is 2. The van der Waals surface area contributed by atoms with E-state index in [4.69, 9.17) is 5.73 Å². The van der Waals surface area contributed by atoms with Gasteiger partial charge in [-0.05, 0) is 12.5 Å². The lowest BCUT2D eigenvalue weighted by atomic mass is 10.2. The second kappa shape index (κ2) is 5.06. The van der Waals surface area contributed by atoms with Gasteiger partial charge < -0.3 is 11.1 Å². The van der Waals surface area contributed by atoms with Crippen LogP contribution in [0.4, 0.5) is 11.5 Å². The van der Waals surface area contributed by atoms with Gasteiger partial charge in [-0.15, -0.1) is 0 Å². The summed E-state index contributed by atoms with van der Waals surface area (Å²) in [6.07, 6.45) is 1.73. The number of anilines is 1. The van der Waals surface area contributed by atoms with Gasteiger partial charge in [0.15, 0.2) is 0 Å². The molecule has 0 atom stereocenters. The molecular formula is C9H12N4O3. The zero-order valence-electron chi connectivity index (χ0n) is 8.77. The highest BCUT2D eigenvalue weighted by molar-refractivity contribution is 5.98. The Labute approximate surface area is 91.8 Å². The Kier molecular flexibility index (Phi) is 3.76. The molecule has 0 radical (unpaired) electrons. The van der Waals surface area contributed by atoms with E-state index < -0.39 is 10.8 Å². The Morgan fingerprint density at radius 1 is 1.69 bits per heavy atom. The first kappa shape index (κ1) is 11.9. The molecule has 0 aliphatic rings. The van der Waals surface area contributed by atoms with Crippen molar-refractivity contribution in [1.82, 2.24) is 10.3 Å². The number of carbonyl (C=O) groups excluding carboxylic acids is 1. The molecule has 0 unspecified atom stereocenters. The number of nitro groups is 1. The highest BCUT2D eigenvalue weighted by Gasteiger charge is 2.20. The molecule has 3 N–H and O–H groups in total. The van der Waals surface area contributed by atoms with Gasteiger partial charge in [0.25, 0.3) is 11.6 Å². The zero-order valence-corrected chi connectivity index (χ0v) is 8.77. The number of nitrogen functional groups attached to an aromatic ring is 1. The first-order valence-electron chi connectivity index (χ1n) is 4.74. The van der Waals surface area contributed by atoms with Crippen LogP contribution in [0.15, 0.2) is 12.3 Å². The first-order chi connectivity index (χ1) is 7.56. The maximum atomic E-state index is 11.6. The van der Waals surface area contributed by atoms with Crippen molar-refractivity contribution in [2.75, 3.05) is 12.3 Å². The van der Waals surface area contributed by atoms with Crippen LogP contribution in [0.25, 0.3) is 0 Å². The van der Waals surface area contributed by atoms with Crippen molar-refractivity contribution < 1.29 is 9.72 Å². The highest BCUT2D eigenvalue weighted by atomic mass is 16.6. The van der Waals surface area contributed by atoms with E-state index >= 15 is 0 Å². The second-order valence-electron chi connectivity index (χ2n) is 3.14. The summed E-state index contributed by atoms with van der Waals surface area (Å²) in [5.74, 6) is -0.435. The second-order valence-corrected chi connectivity index (χ2v) is 3.14. The van der Waals surface area contributed by atoms with Gasteiger partial charge in [-0.1, -0.05) is 6.92 Å². The molecule has 86 valence electrons. The SMILES string of the molecule is CCCNC(=O)c1cc(N)ncc1[N+](=O)[O-]. The molecule has 1 amide bonds. The topological polar surface area (TPSA) is 111 Å². The van der Waals surface area contributed by atoms with Crippen LogP contribution in [-0.2, 0) is 0 Å². The Hall–Kier alpha value is -2.18. The largest absolute Gasteiger partial charge is 0.384 e. The molecule has 0 saturated carbocycles. The van der Waals surface area contributed by atoms with Gasteiger partial charge in [-0.25, -0.2) is 4.98 Å². The quantitative estimate of drug-likeness (QED) is 0.578. The van der Waals surface area contributed by atoms with Crippen LogP contribution in [0.3, 0.4) is 0 Å². The minimum Gasteiger partial charge on any atom is -0.384 e. The number of nitrogens with two attached hydrogens (primary N) is 1. The van der Waals surface area contributed by atoms with Crippen LogP contribution in [0.1, 0.15) is 23.7 Å². The maximum Gasteiger partial charge on any atom is 0.300 e. The Balaban J connectivity index is 3.04. The van der Waals surface area contributed by atoms with E-state index in [2.05, 4.69) is 10.3 Å². The number of aromatic nitrogens is 1. The van der Waals surface area contributed by atoms with E-state index in [9.17, 15) is 14.9 Å².